The highest BCUT2D eigenvalue weighted by Crippen LogP contribution is 2.30. The van der Waals surface area contributed by atoms with Gasteiger partial charge in [0, 0.05) is 18.2 Å². The van der Waals surface area contributed by atoms with Gasteiger partial charge in [-0.3, -0.25) is 0 Å². The Balaban J connectivity index is 1.90. The molecule has 2 nitrogen and oxygen atoms in total. The first-order valence-electron chi connectivity index (χ1n) is 8.18. The molecule has 112 valence electrons. The fourth-order valence-corrected chi connectivity index (χ4v) is 2.82. The van der Waals surface area contributed by atoms with Crippen LogP contribution in [0.2, 0.25) is 0 Å². The molecule has 0 amide bonds. The lowest BCUT2D eigenvalue weighted by atomic mass is 10.0. The zero-order chi connectivity index (χ0) is 14.7. The molecular weight excluding hydrogens is 258 g/mol. The Hall–Kier alpha value is -1.54. The maximum atomic E-state index is 6.21. The number of rotatable bonds is 7. The molecule has 0 saturated heterocycles. The van der Waals surface area contributed by atoms with Crippen molar-refractivity contribution in [1.82, 2.24) is 5.32 Å². The molecule has 0 aliphatic heterocycles. The van der Waals surface area contributed by atoms with Crippen LogP contribution in [0, 0.1) is 0 Å². The van der Waals surface area contributed by atoms with Gasteiger partial charge in [0.1, 0.15) is 5.75 Å². The first-order chi connectivity index (χ1) is 10.3. The molecule has 1 fully saturated rings. The summed E-state index contributed by atoms with van der Waals surface area (Å²) in [7, 11) is 0. The van der Waals surface area contributed by atoms with E-state index in [4.69, 9.17) is 4.74 Å². The van der Waals surface area contributed by atoms with Gasteiger partial charge in [0.05, 0.1) is 6.10 Å². The minimum atomic E-state index is 0.274. The second-order valence-electron chi connectivity index (χ2n) is 6.14. The Labute approximate surface area is 127 Å². The molecule has 3 rings (SSSR count). The van der Waals surface area contributed by atoms with Crippen molar-refractivity contribution in [3.63, 3.8) is 0 Å². The molecule has 0 bridgehead atoms. The second-order valence-corrected chi connectivity index (χ2v) is 6.14. The van der Waals surface area contributed by atoms with E-state index in [1.54, 1.807) is 0 Å². The van der Waals surface area contributed by atoms with Crippen LogP contribution in [0.3, 0.4) is 0 Å². The minimum absolute atomic E-state index is 0.274. The van der Waals surface area contributed by atoms with E-state index in [2.05, 4.69) is 55.6 Å². The highest BCUT2D eigenvalue weighted by Gasteiger charge is 2.21. The Morgan fingerprint density at radius 2 is 2.00 bits per heavy atom. The van der Waals surface area contributed by atoms with E-state index in [1.165, 1.54) is 29.2 Å². The normalized spacial score (nSPS) is 16.1. The number of ether oxygens (including phenoxy) is 1. The molecule has 21 heavy (non-hydrogen) atoms. The third-order valence-electron chi connectivity index (χ3n) is 4.17. The minimum Gasteiger partial charge on any atom is -0.490 e. The third kappa shape index (κ3) is 3.56. The van der Waals surface area contributed by atoms with Crippen molar-refractivity contribution in [2.75, 3.05) is 0 Å². The molecule has 1 saturated carbocycles. The van der Waals surface area contributed by atoms with Crippen LogP contribution in [0.4, 0.5) is 0 Å². The van der Waals surface area contributed by atoms with E-state index in [0.29, 0.717) is 6.04 Å². The van der Waals surface area contributed by atoms with E-state index in [0.717, 1.165) is 25.1 Å². The van der Waals surface area contributed by atoms with Crippen LogP contribution >= 0.6 is 0 Å². The second kappa shape index (κ2) is 6.48. The molecule has 1 atom stereocenters. The van der Waals surface area contributed by atoms with Crippen LogP contribution in [-0.4, -0.2) is 12.1 Å². The molecule has 2 aromatic carbocycles. The van der Waals surface area contributed by atoms with Crippen LogP contribution in [0.1, 0.15) is 45.1 Å². The smallest absolute Gasteiger partial charge is 0.124 e. The summed E-state index contributed by atoms with van der Waals surface area (Å²) < 4.78 is 6.21. The van der Waals surface area contributed by atoms with Crippen LogP contribution in [0.25, 0.3) is 10.8 Å². The average Bonchev–Trinajstić information content (AvgIpc) is 3.30. The quantitative estimate of drug-likeness (QED) is 0.798. The SMILES string of the molecule is CCCC(C)Oc1ccc2ccccc2c1CNC1CC1. The van der Waals surface area contributed by atoms with Gasteiger partial charge in [-0.05, 0) is 43.0 Å². The summed E-state index contributed by atoms with van der Waals surface area (Å²) in [6, 6.07) is 13.6. The largest absolute Gasteiger partial charge is 0.490 e. The molecular formula is C19H25NO. The summed E-state index contributed by atoms with van der Waals surface area (Å²) in [4.78, 5) is 0. The van der Waals surface area contributed by atoms with Gasteiger partial charge < -0.3 is 10.1 Å². The van der Waals surface area contributed by atoms with Crippen LogP contribution in [0.5, 0.6) is 5.75 Å². The highest BCUT2D eigenvalue weighted by molar-refractivity contribution is 5.87. The summed E-state index contributed by atoms with van der Waals surface area (Å²) in [5, 5.41) is 6.23. The van der Waals surface area contributed by atoms with Crippen LogP contribution < -0.4 is 10.1 Å². The Morgan fingerprint density at radius 3 is 2.76 bits per heavy atom. The van der Waals surface area contributed by atoms with Crippen molar-refractivity contribution >= 4 is 10.8 Å². The third-order valence-corrected chi connectivity index (χ3v) is 4.17. The molecule has 2 heteroatoms. The molecule has 1 aliphatic carbocycles. The van der Waals surface area contributed by atoms with Crippen molar-refractivity contribution < 1.29 is 4.74 Å². The molecule has 0 spiro atoms. The Bertz CT molecular complexity index is 604. The summed E-state index contributed by atoms with van der Waals surface area (Å²) in [5.41, 5.74) is 1.31. The highest BCUT2D eigenvalue weighted by atomic mass is 16.5. The van der Waals surface area contributed by atoms with Crippen LogP contribution in [-0.2, 0) is 6.54 Å². The molecule has 0 aromatic heterocycles. The lowest BCUT2D eigenvalue weighted by molar-refractivity contribution is 0.208. The lowest BCUT2D eigenvalue weighted by Gasteiger charge is -2.19. The summed E-state index contributed by atoms with van der Waals surface area (Å²) in [5.74, 6) is 1.04. The van der Waals surface area contributed by atoms with Crippen molar-refractivity contribution in [3.8, 4) is 5.75 Å². The van der Waals surface area contributed by atoms with Crippen molar-refractivity contribution in [2.45, 2.75) is 58.2 Å². The van der Waals surface area contributed by atoms with Gasteiger partial charge in [-0.1, -0.05) is 43.7 Å². The Kier molecular flexibility index (Phi) is 4.45. The maximum Gasteiger partial charge on any atom is 0.124 e. The van der Waals surface area contributed by atoms with Crippen molar-refractivity contribution in [1.29, 1.82) is 0 Å². The van der Waals surface area contributed by atoms with Crippen LogP contribution in [0.15, 0.2) is 36.4 Å². The lowest BCUT2D eigenvalue weighted by Crippen LogP contribution is -2.18. The van der Waals surface area contributed by atoms with E-state index in [1.807, 2.05) is 0 Å². The molecule has 1 N–H and O–H groups in total. The maximum absolute atomic E-state index is 6.21. The number of hydrogen-bond acceptors (Lipinski definition) is 2. The number of hydrogen-bond donors (Lipinski definition) is 1. The van der Waals surface area contributed by atoms with E-state index in [9.17, 15) is 0 Å². The van der Waals surface area contributed by atoms with Gasteiger partial charge in [-0.15, -0.1) is 0 Å². The van der Waals surface area contributed by atoms with E-state index >= 15 is 0 Å². The van der Waals surface area contributed by atoms with Gasteiger partial charge in [0.25, 0.3) is 0 Å². The van der Waals surface area contributed by atoms with E-state index < -0.39 is 0 Å². The number of nitrogens with one attached hydrogen (secondary N) is 1. The topological polar surface area (TPSA) is 21.3 Å². The fourth-order valence-electron chi connectivity index (χ4n) is 2.82. The monoisotopic (exact) mass is 283 g/mol. The summed E-state index contributed by atoms with van der Waals surface area (Å²) >= 11 is 0. The Morgan fingerprint density at radius 1 is 1.19 bits per heavy atom. The van der Waals surface area contributed by atoms with Gasteiger partial charge in [0.15, 0.2) is 0 Å². The molecule has 0 heterocycles. The number of fused-ring (bicyclic) bond motifs is 1. The molecule has 1 unspecified atom stereocenters. The van der Waals surface area contributed by atoms with Gasteiger partial charge >= 0.3 is 0 Å². The number of benzene rings is 2. The van der Waals surface area contributed by atoms with Gasteiger partial charge in [0.2, 0.25) is 0 Å². The van der Waals surface area contributed by atoms with Gasteiger partial charge in [-0.25, -0.2) is 0 Å². The standard InChI is InChI=1S/C19H25NO/c1-3-6-14(2)21-19-12-9-15-7-4-5-8-17(15)18(19)13-20-16-10-11-16/h4-5,7-9,12,14,16,20H,3,6,10-11,13H2,1-2H3. The average molecular weight is 283 g/mol. The summed E-state index contributed by atoms with van der Waals surface area (Å²) in [6.07, 6.45) is 5.16. The van der Waals surface area contributed by atoms with E-state index in [-0.39, 0.29) is 6.10 Å². The first kappa shape index (κ1) is 14.4. The van der Waals surface area contributed by atoms with Gasteiger partial charge in [-0.2, -0.15) is 0 Å². The predicted octanol–water partition coefficient (Wildman–Crippen LogP) is 4.66. The zero-order valence-electron chi connectivity index (χ0n) is 13.1. The van der Waals surface area contributed by atoms with Crippen molar-refractivity contribution in [2.24, 2.45) is 0 Å². The fraction of sp³-hybridized carbons (Fsp3) is 0.474. The first-order valence-corrected chi connectivity index (χ1v) is 8.18. The molecule has 0 radical (unpaired) electrons. The molecule has 2 aromatic rings. The molecule has 1 aliphatic rings. The summed E-state index contributed by atoms with van der Waals surface area (Å²) in [6.45, 7) is 5.27. The zero-order valence-corrected chi connectivity index (χ0v) is 13.1. The van der Waals surface area contributed by atoms with Crippen molar-refractivity contribution in [3.05, 3.63) is 42.0 Å². The predicted molar refractivity (Wildman–Crippen MR) is 88.8 cm³/mol.